The molecule has 1 heterocycles. The molecule has 2 aromatic rings. The Morgan fingerprint density at radius 1 is 1.11 bits per heavy atom. The summed E-state index contributed by atoms with van der Waals surface area (Å²) in [6.07, 6.45) is 0. The lowest BCUT2D eigenvalue weighted by Gasteiger charge is -2.38. The fourth-order valence-corrected chi connectivity index (χ4v) is 3.52. The summed E-state index contributed by atoms with van der Waals surface area (Å²) in [6.45, 7) is 1.92. The Bertz CT molecular complexity index is 868. The van der Waals surface area contributed by atoms with Gasteiger partial charge in [-0.25, -0.2) is 13.6 Å². The molecule has 0 saturated carbocycles. The van der Waals surface area contributed by atoms with Crippen LogP contribution in [-0.4, -0.2) is 46.4 Å². The van der Waals surface area contributed by atoms with Crippen molar-refractivity contribution >= 4 is 17.3 Å². The highest BCUT2D eigenvalue weighted by Gasteiger charge is 2.28. The van der Waals surface area contributed by atoms with Gasteiger partial charge in [0.05, 0.1) is 31.2 Å². The van der Waals surface area contributed by atoms with Crippen LogP contribution in [0.25, 0.3) is 0 Å². The number of halogens is 2. The summed E-state index contributed by atoms with van der Waals surface area (Å²) >= 11 is 0. The van der Waals surface area contributed by atoms with Crippen molar-refractivity contribution in [1.82, 2.24) is 0 Å². The topological polar surface area (TPSA) is 68.0 Å². The molecule has 0 bridgehead atoms. The van der Waals surface area contributed by atoms with Gasteiger partial charge in [0.15, 0.2) is 0 Å². The van der Waals surface area contributed by atoms with Crippen molar-refractivity contribution in [2.75, 3.05) is 50.2 Å². The third kappa shape index (κ3) is 3.60. The number of esters is 1. The van der Waals surface area contributed by atoms with Gasteiger partial charge in [-0.1, -0.05) is 12.1 Å². The van der Waals surface area contributed by atoms with Crippen molar-refractivity contribution in [1.29, 1.82) is 0 Å². The quantitative estimate of drug-likeness (QED) is 0.790. The molecular formula is C20H23F2N3O3. The Morgan fingerprint density at radius 3 is 2.36 bits per heavy atom. The maximum absolute atomic E-state index is 14.8. The highest BCUT2D eigenvalue weighted by atomic mass is 19.1. The van der Waals surface area contributed by atoms with Crippen molar-refractivity contribution in [3.63, 3.8) is 0 Å². The van der Waals surface area contributed by atoms with Crippen molar-refractivity contribution in [2.24, 2.45) is 5.73 Å². The maximum Gasteiger partial charge on any atom is 0.340 e. The molecule has 2 N–H and O–H groups in total. The SMILES string of the molecule is COC(=O)c1cc(F)c(N2CCN(c3ccccc3OC)CC2)c(CN)c1F. The van der Waals surface area contributed by atoms with E-state index in [1.54, 1.807) is 12.0 Å². The molecule has 28 heavy (non-hydrogen) atoms. The zero-order valence-electron chi connectivity index (χ0n) is 15.9. The Labute approximate surface area is 162 Å². The Morgan fingerprint density at radius 2 is 1.75 bits per heavy atom. The van der Waals surface area contributed by atoms with Gasteiger partial charge in [0.1, 0.15) is 17.4 Å². The van der Waals surface area contributed by atoms with Gasteiger partial charge in [-0.2, -0.15) is 0 Å². The number of carbonyl (C=O) groups is 1. The average Bonchev–Trinajstić information content (AvgIpc) is 2.74. The number of rotatable bonds is 5. The molecule has 0 spiro atoms. The van der Waals surface area contributed by atoms with Crippen molar-refractivity contribution in [3.05, 3.63) is 53.1 Å². The van der Waals surface area contributed by atoms with Gasteiger partial charge in [-0.05, 0) is 18.2 Å². The fourth-order valence-electron chi connectivity index (χ4n) is 3.52. The van der Waals surface area contributed by atoms with Gasteiger partial charge >= 0.3 is 5.97 Å². The number of benzene rings is 2. The molecule has 0 unspecified atom stereocenters. The molecule has 1 aliphatic rings. The lowest BCUT2D eigenvalue weighted by Crippen LogP contribution is -2.47. The van der Waals surface area contributed by atoms with Gasteiger partial charge in [0.25, 0.3) is 0 Å². The number of hydrogen-bond donors (Lipinski definition) is 1. The van der Waals surface area contributed by atoms with Crippen LogP contribution in [0.3, 0.4) is 0 Å². The first-order chi connectivity index (χ1) is 13.5. The highest BCUT2D eigenvalue weighted by molar-refractivity contribution is 5.90. The number of anilines is 2. The van der Waals surface area contributed by atoms with E-state index < -0.39 is 23.2 Å². The Hall–Kier alpha value is -2.87. The van der Waals surface area contributed by atoms with Crippen LogP contribution in [-0.2, 0) is 11.3 Å². The number of para-hydroxylation sites is 2. The van der Waals surface area contributed by atoms with Crippen LogP contribution >= 0.6 is 0 Å². The number of hydrogen-bond acceptors (Lipinski definition) is 6. The molecule has 0 amide bonds. The predicted molar refractivity (Wildman–Crippen MR) is 103 cm³/mol. The third-order valence-electron chi connectivity index (χ3n) is 4.92. The Balaban J connectivity index is 1.86. The van der Waals surface area contributed by atoms with E-state index in [0.717, 1.165) is 24.6 Å². The summed E-state index contributed by atoms with van der Waals surface area (Å²) in [6, 6.07) is 8.55. The van der Waals surface area contributed by atoms with Gasteiger partial charge in [0, 0.05) is 38.3 Å². The molecule has 0 aromatic heterocycles. The van der Waals surface area contributed by atoms with Crippen LogP contribution in [0.5, 0.6) is 5.75 Å². The summed E-state index contributed by atoms with van der Waals surface area (Å²) in [5, 5.41) is 0. The van der Waals surface area contributed by atoms with Crippen molar-refractivity contribution in [3.8, 4) is 5.75 Å². The van der Waals surface area contributed by atoms with E-state index in [4.69, 9.17) is 10.5 Å². The molecule has 2 aromatic carbocycles. The number of nitrogens with two attached hydrogens (primary N) is 1. The van der Waals surface area contributed by atoms with E-state index in [-0.39, 0.29) is 17.8 Å². The van der Waals surface area contributed by atoms with Crippen LogP contribution < -0.4 is 20.3 Å². The smallest absolute Gasteiger partial charge is 0.340 e. The van der Waals surface area contributed by atoms with Crippen LogP contribution in [0.1, 0.15) is 15.9 Å². The standard InChI is InChI=1S/C20H23F2N3O3/c1-27-17-6-4-3-5-16(17)24-7-9-25(10-8-24)19-14(12-23)18(22)13(11-15(19)21)20(26)28-2/h3-6,11H,7-10,12,23H2,1-2H3. The van der Waals surface area contributed by atoms with Gasteiger partial charge in [-0.15, -0.1) is 0 Å². The molecule has 150 valence electrons. The predicted octanol–water partition coefficient (Wildman–Crippen LogP) is 2.55. The first-order valence-electron chi connectivity index (χ1n) is 8.94. The molecule has 8 heteroatoms. The molecule has 6 nitrogen and oxygen atoms in total. The monoisotopic (exact) mass is 391 g/mol. The van der Waals surface area contributed by atoms with Crippen molar-refractivity contribution in [2.45, 2.75) is 6.54 Å². The third-order valence-corrected chi connectivity index (χ3v) is 4.92. The fraction of sp³-hybridized carbons (Fsp3) is 0.350. The van der Waals surface area contributed by atoms with Gasteiger partial charge in [-0.3, -0.25) is 0 Å². The molecule has 0 radical (unpaired) electrons. The minimum absolute atomic E-state index is 0.0221. The number of methoxy groups -OCH3 is 2. The summed E-state index contributed by atoms with van der Waals surface area (Å²) < 4.78 is 39.5. The lowest BCUT2D eigenvalue weighted by molar-refractivity contribution is 0.0594. The van der Waals surface area contributed by atoms with E-state index in [1.807, 2.05) is 24.3 Å². The zero-order chi connectivity index (χ0) is 20.3. The van der Waals surface area contributed by atoms with Crippen LogP contribution in [0.4, 0.5) is 20.2 Å². The first-order valence-corrected chi connectivity index (χ1v) is 8.94. The molecule has 0 atom stereocenters. The molecule has 1 aliphatic heterocycles. The first kappa shape index (κ1) is 19.9. The second-order valence-corrected chi connectivity index (χ2v) is 6.39. The average molecular weight is 391 g/mol. The molecular weight excluding hydrogens is 368 g/mol. The van der Waals surface area contributed by atoms with Crippen LogP contribution in [0, 0.1) is 11.6 Å². The second kappa shape index (κ2) is 8.43. The number of ether oxygens (including phenoxy) is 2. The molecule has 0 aliphatic carbocycles. The summed E-state index contributed by atoms with van der Waals surface area (Å²) in [5.74, 6) is -1.69. The normalized spacial score (nSPS) is 14.2. The van der Waals surface area contributed by atoms with Gasteiger partial charge < -0.3 is 25.0 Å². The molecule has 3 rings (SSSR count). The van der Waals surface area contributed by atoms with E-state index >= 15 is 0 Å². The van der Waals surface area contributed by atoms with E-state index in [9.17, 15) is 13.6 Å². The second-order valence-electron chi connectivity index (χ2n) is 6.39. The minimum Gasteiger partial charge on any atom is -0.495 e. The summed E-state index contributed by atoms with van der Waals surface area (Å²) in [7, 11) is 2.73. The van der Waals surface area contributed by atoms with E-state index in [2.05, 4.69) is 9.64 Å². The van der Waals surface area contributed by atoms with Crippen LogP contribution in [0.2, 0.25) is 0 Å². The number of nitrogens with zero attached hydrogens (tertiary/aromatic N) is 2. The highest BCUT2D eigenvalue weighted by Crippen LogP contribution is 2.33. The van der Waals surface area contributed by atoms with Crippen LogP contribution in [0.15, 0.2) is 30.3 Å². The lowest BCUT2D eigenvalue weighted by atomic mass is 10.0. The minimum atomic E-state index is -0.932. The summed E-state index contributed by atoms with van der Waals surface area (Å²) in [4.78, 5) is 15.6. The van der Waals surface area contributed by atoms with Gasteiger partial charge in [0.2, 0.25) is 0 Å². The zero-order valence-corrected chi connectivity index (χ0v) is 15.9. The van der Waals surface area contributed by atoms with E-state index in [1.165, 1.54) is 0 Å². The molecule has 1 fully saturated rings. The summed E-state index contributed by atoms with van der Waals surface area (Å²) in [5.41, 5.74) is 6.27. The maximum atomic E-state index is 14.8. The number of carbonyl (C=O) groups excluding carboxylic acids is 1. The number of piperazine rings is 1. The van der Waals surface area contributed by atoms with Crippen molar-refractivity contribution < 1.29 is 23.0 Å². The molecule has 1 saturated heterocycles. The largest absolute Gasteiger partial charge is 0.495 e. The Kier molecular flexibility index (Phi) is 5.99. The van der Waals surface area contributed by atoms with E-state index in [0.29, 0.717) is 26.2 Å².